The number of phenolic OH excluding ortho intramolecular Hbond substituents is 1. The normalized spacial score (nSPS) is 26.8. The number of nitrogens with two attached hydrogens (primary N) is 2. The maximum absolute atomic E-state index is 12.9. The number of Topliss-reactive ketones (excluding diaryl/α,β-unsaturated/α-hetero) is 1. The molecule has 0 aliphatic heterocycles. The number of benzene rings is 1. The molecule has 1 aliphatic carbocycles. The summed E-state index contributed by atoms with van der Waals surface area (Å²) in [5.41, 5.74) is 11.0. The zero-order chi connectivity index (χ0) is 27.6. The summed E-state index contributed by atoms with van der Waals surface area (Å²) in [5, 5.41) is 54.0. The van der Waals surface area contributed by atoms with Crippen LogP contribution in [-0.2, 0) is 14.4 Å². The van der Waals surface area contributed by atoms with Gasteiger partial charge in [-0.1, -0.05) is 0 Å². The van der Waals surface area contributed by atoms with Crippen molar-refractivity contribution in [3.05, 3.63) is 38.2 Å². The number of likely N-dealkylation sites (N-methyl/N-ethyl adjacent to an activating group) is 1. The Kier molecular flexibility index (Phi) is 9.51. The van der Waals surface area contributed by atoms with Crippen molar-refractivity contribution in [3.63, 3.8) is 0 Å². The zero-order valence-electron chi connectivity index (χ0n) is 20.8. The number of carbonyl (C=O) groups is 3. The van der Waals surface area contributed by atoms with Crippen LogP contribution in [0.2, 0.25) is 0 Å². The molecule has 0 aromatic heterocycles. The summed E-state index contributed by atoms with van der Waals surface area (Å²) >= 11 is -1.85. The number of anilines is 1. The molecule has 9 N–H and O–H groups in total. The first-order valence-corrected chi connectivity index (χ1v) is 16.4. The Morgan fingerprint density at radius 1 is 1.11 bits per heavy atom. The van der Waals surface area contributed by atoms with Crippen molar-refractivity contribution in [1.82, 2.24) is 4.90 Å². The van der Waals surface area contributed by atoms with Crippen LogP contribution in [0.25, 0.3) is 5.76 Å². The summed E-state index contributed by atoms with van der Waals surface area (Å²) in [6.45, 7) is 1.71. The molecule has 0 spiro atoms. The minimum atomic E-state index is -2.48. The Bertz CT molecular complexity index is 1130. The molecule has 0 saturated carbocycles. The van der Waals surface area contributed by atoms with Gasteiger partial charge in [-0.3, -0.25) is 0 Å². The number of nitrogen functional groups attached to an aromatic ring is 1. The molecular weight excluding hydrogens is 585 g/mol. The van der Waals surface area contributed by atoms with Gasteiger partial charge in [0.1, 0.15) is 0 Å². The summed E-state index contributed by atoms with van der Waals surface area (Å²) in [7, 11) is 3.07. The van der Waals surface area contributed by atoms with E-state index in [2.05, 4.69) is 0 Å². The average Bonchev–Trinajstić information content (AvgIpc) is 2.76. The van der Waals surface area contributed by atoms with Crippen LogP contribution < -0.4 is 11.5 Å². The molecule has 4 atom stereocenters. The molecule has 1 aromatic carbocycles. The number of nitrogens with zero attached hydrogens (tertiary/aromatic N) is 1. The van der Waals surface area contributed by atoms with E-state index in [1.807, 2.05) is 9.86 Å². The van der Waals surface area contributed by atoms with E-state index in [0.29, 0.717) is 9.65 Å². The number of rotatable bonds is 3. The number of aromatic hydroxyl groups is 1. The number of phenols is 1. The van der Waals surface area contributed by atoms with Crippen LogP contribution >= 0.6 is 19.8 Å². The van der Waals surface area contributed by atoms with Crippen LogP contribution in [0, 0.1) is 3.57 Å². The molecule has 0 radical (unpaired) electrons. The third kappa shape index (κ3) is 5.99. The predicted octanol–water partition coefficient (Wildman–Crippen LogP) is 0.794. The molecule has 36 heavy (non-hydrogen) atoms. The third-order valence-corrected chi connectivity index (χ3v) is 9.23. The van der Waals surface area contributed by atoms with Crippen LogP contribution in [0.5, 0.6) is 5.75 Å². The van der Waals surface area contributed by atoms with Gasteiger partial charge in [0.05, 0.1) is 0 Å². The Balaban J connectivity index is 2.87. The Hall–Kier alpha value is -2.68. The van der Waals surface area contributed by atoms with Gasteiger partial charge < -0.3 is 0 Å². The summed E-state index contributed by atoms with van der Waals surface area (Å²) in [6.07, 6.45) is -3.12. The van der Waals surface area contributed by atoms with Crippen LogP contribution in [0.1, 0.15) is 36.8 Å². The third-order valence-electron chi connectivity index (χ3n) is 6.09. The molecule has 0 bridgehead atoms. The number of hydrogen-bond acceptors (Lipinski definition) is 10. The van der Waals surface area contributed by atoms with E-state index in [4.69, 9.17) is 11.5 Å². The first kappa shape index (κ1) is 29.5. The summed E-state index contributed by atoms with van der Waals surface area (Å²) in [5.74, 6) is -6.50. The van der Waals surface area contributed by atoms with Crippen LogP contribution in [-0.4, -0.2) is 90.1 Å². The van der Waals surface area contributed by atoms with Gasteiger partial charge in [0.15, 0.2) is 0 Å². The number of carbonyl (C=O) groups excluding carboxylic acids is 3. The number of halogens is 1. The number of ketones is 2. The molecule has 11 nitrogen and oxygen atoms in total. The van der Waals surface area contributed by atoms with Crippen molar-refractivity contribution < 1.29 is 39.9 Å². The van der Waals surface area contributed by atoms with E-state index >= 15 is 0 Å². The molecule has 1 aliphatic rings. The van der Waals surface area contributed by atoms with E-state index in [-0.39, 0.29) is 35.4 Å². The van der Waals surface area contributed by atoms with Crippen molar-refractivity contribution >= 4 is 48.7 Å². The number of amides is 1. The number of hydrogen-bond donors (Lipinski definition) is 7. The molecule has 0 saturated heterocycles. The molecule has 0 unspecified atom stereocenters. The second kappa shape index (κ2) is 11.6. The molecule has 12 heteroatoms. The summed E-state index contributed by atoms with van der Waals surface area (Å²) < 4.78 is 0.546. The predicted molar refractivity (Wildman–Crippen MR) is 144 cm³/mol. The van der Waals surface area contributed by atoms with Gasteiger partial charge in [-0.2, -0.15) is 0 Å². The van der Waals surface area contributed by atoms with Crippen molar-refractivity contribution in [1.29, 1.82) is 0 Å². The molecule has 0 heterocycles. The number of aliphatic hydroxyl groups excluding tert-OH is 4. The van der Waals surface area contributed by atoms with Crippen molar-refractivity contribution in [2.75, 3.05) is 29.7 Å². The van der Waals surface area contributed by atoms with Gasteiger partial charge in [-0.05, 0) is 0 Å². The topological polar surface area (TPSA) is 208 Å². The monoisotopic (exact) mass is 619 g/mol. The fourth-order valence-electron chi connectivity index (χ4n) is 4.29. The summed E-state index contributed by atoms with van der Waals surface area (Å²) in [6, 6.07) is 0.558. The summed E-state index contributed by atoms with van der Waals surface area (Å²) in [4.78, 5) is 43.0. The fraction of sp³-hybridized carbons (Fsp3) is 0.458. The van der Waals surface area contributed by atoms with E-state index < -0.39 is 78.6 Å². The number of fused-ring (bicyclic) bond motifs is 1. The molecule has 1 amide bonds. The maximum atomic E-state index is 12.9. The van der Waals surface area contributed by atoms with E-state index in [9.17, 15) is 39.9 Å². The van der Waals surface area contributed by atoms with Gasteiger partial charge in [0.25, 0.3) is 0 Å². The number of primary amides is 1. The quantitative estimate of drug-likeness (QED) is 0.0632. The Labute approximate surface area is 216 Å². The average molecular weight is 619 g/mol. The van der Waals surface area contributed by atoms with Crippen LogP contribution in [0.4, 0.5) is 5.69 Å². The Morgan fingerprint density at radius 2 is 1.69 bits per heavy atom. The van der Waals surface area contributed by atoms with E-state index in [1.54, 1.807) is 13.0 Å². The zero-order valence-corrected chi connectivity index (χ0v) is 23.0. The number of aliphatic hydroxyl groups is 4. The second-order valence-electron chi connectivity index (χ2n) is 9.17. The molecule has 2 rings (SSSR count). The van der Waals surface area contributed by atoms with Gasteiger partial charge >= 0.3 is 217 Å². The van der Waals surface area contributed by atoms with E-state index in [0.717, 1.165) is 0 Å². The first-order valence-electron chi connectivity index (χ1n) is 11.0. The molecular formula is C24H34IN3O8. The van der Waals surface area contributed by atoms with Crippen molar-refractivity contribution in [2.24, 2.45) is 5.73 Å². The Morgan fingerprint density at radius 3 is 2.19 bits per heavy atom. The van der Waals surface area contributed by atoms with Gasteiger partial charge in [-0.25, -0.2) is 0 Å². The van der Waals surface area contributed by atoms with E-state index in [1.165, 1.54) is 19.0 Å². The van der Waals surface area contributed by atoms with Crippen molar-refractivity contribution in [3.8, 4) is 5.75 Å². The molecule has 0 fully saturated rings. The number of alkyl halides is 2. The molecule has 200 valence electrons. The first-order chi connectivity index (χ1) is 16.6. The fourth-order valence-corrected chi connectivity index (χ4v) is 6.54. The standard InChI is InChI=1S/C24H34IN3O8/c1-10-6-11(29)7-14(28(4)5)21(33)19(24(27)36)23(35)22(34)16(31)9-15(30)18-17(10)13(26)8-12(20(18)32)25(2)3/h8-11,14,22,29-30,32-34H,6-7,26H2,1-5H3,(H2,27,36)/b15-9?,21-19-/t10-,11+,14+,22+/m1/s1. The minimum absolute atomic E-state index is 0.0535. The SMILES string of the molecule is C[C@@H]1C[C@H](O)C[C@H](N(C)C)/C(O)=C(/C(N)=O)C(=O)[C@@H](O)C(=O)C=C(O)c2c(O)c(I(C)C)cc(N)c21. The molecule has 1 aromatic rings. The second-order valence-corrected chi connectivity index (χ2v) is 14.6. The van der Waals surface area contributed by atoms with Crippen LogP contribution in [0.15, 0.2) is 23.5 Å². The van der Waals surface area contributed by atoms with Gasteiger partial charge in [0, 0.05) is 0 Å². The van der Waals surface area contributed by atoms with Crippen LogP contribution in [0.3, 0.4) is 0 Å². The van der Waals surface area contributed by atoms with Crippen molar-refractivity contribution in [2.45, 2.75) is 43.9 Å². The van der Waals surface area contributed by atoms with Gasteiger partial charge in [0.2, 0.25) is 0 Å². The van der Waals surface area contributed by atoms with Gasteiger partial charge in [-0.15, -0.1) is 0 Å².